The summed E-state index contributed by atoms with van der Waals surface area (Å²) in [6, 6.07) is -3.93. The van der Waals surface area contributed by atoms with Gasteiger partial charge in [0.15, 0.2) is 0 Å². The number of carboxylic acid groups (broad SMARTS) is 1. The molecule has 0 aliphatic carbocycles. The molecule has 0 fully saturated rings. The van der Waals surface area contributed by atoms with Crippen molar-refractivity contribution < 1.29 is 39.9 Å². The van der Waals surface area contributed by atoms with Crippen LogP contribution in [0.4, 0.5) is 0 Å². The number of aliphatic hydroxyl groups is 4. The summed E-state index contributed by atoms with van der Waals surface area (Å²) in [6.45, 7) is -2.26. The zero-order valence-electron chi connectivity index (χ0n) is 12.8. The average molecular weight is 369 g/mol. The molecule has 0 aliphatic rings. The molecule has 4 atom stereocenters. The van der Waals surface area contributed by atoms with Crippen molar-refractivity contribution in [3.63, 3.8) is 0 Å². The van der Waals surface area contributed by atoms with Crippen LogP contribution in [0.15, 0.2) is 0 Å². The molecule has 4 unspecified atom stereocenters. The molecule has 0 rings (SSSR count). The number of thiol groups is 1. The molecule has 0 aromatic carbocycles. The maximum Gasteiger partial charge on any atom is 0.328 e. The fourth-order valence-corrected chi connectivity index (χ4v) is 1.80. The highest BCUT2D eigenvalue weighted by Gasteiger charge is 2.27. The lowest BCUT2D eigenvalue weighted by Gasteiger charge is -2.22. The zero-order valence-corrected chi connectivity index (χ0v) is 13.6. The lowest BCUT2D eigenvalue weighted by Crippen LogP contribution is -2.57. The van der Waals surface area contributed by atoms with E-state index in [1.807, 2.05) is 5.32 Å². The van der Waals surface area contributed by atoms with Gasteiger partial charge < -0.3 is 41.5 Å². The summed E-state index contributed by atoms with van der Waals surface area (Å²) in [5.41, 5.74) is 0. The van der Waals surface area contributed by atoms with Crippen LogP contribution < -0.4 is 16.0 Å². The van der Waals surface area contributed by atoms with Crippen molar-refractivity contribution in [2.45, 2.75) is 24.2 Å². The Labute approximate surface area is 143 Å². The van der Waals surface area contributed by atoms with E-state index in [9.17, 15) is 24.6 Å². The second-order valence-electron chi connectivity index (χ2n) is 4.81. The molecule has 0 bridgehead atoms. The van der Waals surface area contributed by atoms with Crippen LogP contribution in [0, 0.1) is 0 Å². The topological polar surface area (TPSA) is 188 Å². The van der Waals surface area contributed by atoms with E-state index in [4.69, 9.17) is 15.3 Å². The number of nitrogens with one attached hydrogen (secondary N) is 3. The summed E-state index contributed by atoms with van der Waals surface area (Å²) < 4.78 is 0. The first-order valence-electron chi connectivity index (χ1n) is 6.99. The largest absolute Gasteiger partial charge is 0.480 e. The normalized spacial score (nSPS) is 15.9. The third kappa shape index (κ3) is 7.90. The molecule has 0 heterocycles. The number of aliphatic hydroxyl groups excluding tert-OH is 4. The molecule has 0 aromatic rings. The zero-order chi connectivity index (χ0) is 18.7. The molecule has 0 saturated heterocycles. The van der Waals surface area contributed by atoms with Gasteiger partial charge in [0.2, 0.25) is 11.8 Å². The molecule has 0 saturated carbocycles. The van der Waals surface area contributed by atoms with Crippen LogP contribution in [0.25, 0.3) is 0 Å². The van der Waals surface area contributed by atoms with Crippen LogP contribution in [0.2, 0.25) is 0 Å². The quantitative estimate of drug-likeness (QED) is 0.152. The summed E-state index contributed by atoms with van der Waals surface area (Å²) in [6.07, 6.45) is -1.09. The first-order chi connectivity index (χ1) is 11.3. The Morgan fingerprint density at radius 3 is 1.79 bits per heavy atom. The molecular weight excluding hydrogens is 346 g/mol. The first-order valence-corrected chi connectivity index (χ1v) is 7.62. The van der Waals surface area contributed by atoms with E-state index in [-0.39, 0.29) is 12.3 Å². The predicted molar refractivity (Wildman–Crippen MR) is 84.4 cm³/mol. The third-order valence-electron chi connectivity index (χ3n) is 2.92. The van der Waals surface area contributed by atoms with Gasteiger partial charge in [-0.2, -0.15) is 12.6 Å². The Hall–Kier alpha value is -1.44. The second-order valence-corrected chi connectivity index (χ2v) is 5.17. The van der Waals surface area contributed by atoms with E-state index < -0.39 is 61.8 Å². The van der Waals surface area contributed by atoms with Gasteiger partial charge >= 0.3 is 5.97 Å². The summed E-state index contributed by atoms with van der Waals surface area (Å²) in [7, 11) is 0. The molecular formula is C12H23N3O8S. The lowest BCUT2D eigenvalue weighted by atomic mass is 10.2. The van der Waals surface area contributed by atoms with Crippen LogP contribution in [0.1, 0.15) is 0 Å². The molecule has 12 heteroatoms. The summed E-state index contributed by atoms with van der Waals surface area (Å²) >= 11 is 3.95. The summed E-state index contributed by atoms with van der Waals surface area (Å²) in [4.78, 5) is 34.6. The second kappa shape index (κ2) is 12.0. The van der Waals surface area contributed by atoms with Crippen LogP contribution in [0.3, 0.4) is 0 Å². The number of amides is 2. The fourth-order valence-electron chi connectivity index (χ4n) is 1.51. The standard InChI is InChI=1S/C12H23N3O8S/c16-2-6(19)1-13-9(5-24)11(21)14-7(3-17)10(20)15-8(4-18)12(22)23/h6-9,13,16-19,24H,1-5H2,(H,14,21)(H,15,20)(H,22,23). The Bertz CT molecular complexity index is 425. The van der Waals surface area contributed by atoms with Crippen LogP contribution in [-0.2, 0) is 14.4 Å². The molecule has 140 valence electrons. The van der Waals surface area contributed by atoms with Crippen molar-refractivity contribution >= 4 is 30.4 Å². The Kier molecular flexibility index (Phi) is 11.3. The van der Waals surface area contributed by atoms with Gasteiger partial charge in [-0.1, -0.05) is 0 Å². The summed E-state index contributed by atoms with van der Waals surface area (Å²) in [5.74, 6) is -3.18. The number of hydrogen-bond acceptors (Lipinski definition) is 9. The highest BCUT2D eigenvalue weighted by molar-refractivity contribution is 7.80. The third-order valence-corrected chi connectivity index (χ3v) is 3.29. The number of hydrogen-bond donors (Lipinski definition) is 9. The minimum absolute atomic E-state index is 0.00184. The van der Waals surface area contributed by atoms with E-state index in [0.717, 1.165) is 0 Å². The smallest absolute Gasteiger partial charge is 0.328 e. The highest BCUT2D eigenvalue weighted by Crippen LogP contribution is 1.94. The number of aliphatic carboxylic acids is 1. The highest BCUT2D eigenvalue weighted by atomic mass is 32.1. The average Bonchev–Trinajstić information content (AvgIpc) is 2.56. The fraction of sp³-hybridized carbons (Fsp3) is 0.750. The number of carbonyl (C=O) groups is 3. The van der Waals surface area contributed by atoms with E-state index in [1.165, 1.54) is 0 Å². The SMILES string of the molecule is O=C(O)C(CO)NC(=O)C(CO)NC(=O)C(CS)NCC(O)CO. The monoisotopic (exact) mass is 369 g/mol. The Balaban J connectivity index is 4.69. The Morgan fingerprint density at radius 1 is 0.875 bits per heavy atom. The number of rotatable bonds is 12. The predicted octanol–water partition coefficient (Wildman–Crippen LogP) is -4.73. The van der Waals surface area contributed by atoms with Crippen LogP contribution in [0.5, 0.6) is 0 Å². The van der Waals surface area contributed by atoms with Crippen molar-refractivity contribution in [2.75, 3.05) is 32.1 Å². The number of carboxylic acids is 1. The molecule has 0 aliphatic heterocycles. The Morgan fingerprint density at radius 2 is 1.38 bits per heavy atom. The minimum atomic E-state index is -1.57. The van der Waals surface area contributed by atoms with Gasteiger partial charge in [0.1, 0.15) is 12.1 Å². The van der Waals surface area contributed by atoms with E-state index in [0.29, 0.717) is 0 Å². The van der Waals surface area contributed by atoms with Crippen molar-refractivity contribution in [1.82, 2.24) is 16.0 Å². The minimum Gasteiger partial charge on any atom is -0.480 e. The van der Waals surface area contributed by atoms with Gasteiger partial charge in [-0.05, 0) is 0 Å². The van der Waals surface area contributed by atoms with Gasteiger partial charge in [-0.25, -0.2) is 4.79 Å². The lowest BCUT2D eigenvalue weighted by molar-refractivity contribution is -0.143. The van der Waals surface area contributed by atoms with Crippen LogP contribution in [-0.4, -0.2) is 99.7 Å². The molecule has 0 radical (unpaired) electrons. The molecule has 2 amide bonds. The maximum absolute atomic E-state index is 12.0. The molecule has 11 nitrogen and oxygen atoms in total. The van der Waals surface area contributed by atoms with Gasteiger partial charge in [-0.15, -0.1) is 0 Å². The van der Waals surface area contributed by atoms with Gasteiger partial charge in [0, 0.05) is 12.3 Å². The molecule has 0 spiro atoms. The van der Waals surface area contributed by atoms with Crippen molar-refractivity contribution in [2.24, 2.45) is 0 Å². The number of carbonyl (C=O) groups excluding carboxylic acids is 2. The van der Waals surface area contributed by atoms with Crippen molar-refractivity contribution in [3.8, 4) is 0 Å². The van der Waals surface area contributed by atoms with Crippen molar-refractivity contribution in [1.29, 1.82) is 0 Å². The van der Waals surface area contributed by atoms with Crippen LogP contribution >= 0.6 is 12.6 Å². The van der Waals surface area contributed by atoms with E-state index in [1.54, 1.807) is 0 Å². The van der Waals surface area contributed by atoms with E-state index in [2.05, 4.69) is 23.3 Å². The van der Waals surface area contributed by atoms with Gasteiger partial charge in [0.25, 0.3) is 0 Å². The first kappa shape index (κ1) is 22.6. The molecule has 8 N–H and O–H groups in total. The molecule has 24 heavy (non-hydrogen) atoms. The maximum atomic E-state index is 12.0. The van der Waals surface area contributed by atoms with Gasteiger partial charge in [-0.3, -0.25) is 9.59 Å². The van der Waals surface area contributed by atoms with E-state index >= 15 is 0 Å². The summed E-state index contributed by atoms with van der Waals surface area (Å²) in [5, 5.41) is 51.5. The molecule has 0 aromatic heterocycles. The van der Waals surface area contributed by atoms with Crippen molar-refractivity contribution in [3.05, 3.63) is 0 Å². The van der Waals surface area contributed by atoms with Gasteiger partial charge in [0.05, 0.1) is 32.0 Å².